The molecule has 0 aromatic carbocycles. The number of carboxylic acid groups (broad SMARTS) is 1. The average Bonchev–Trinajstić information content (AvgIpc) is 2.74. The fourth-order valence-electron chi connectivity index (χ4n) is 3.90. The number of hydrogen-bond donors (Lipinski definition) is 1. The minimum absolute atomic E-state index is 0.0671. The number of nitrogens with zero attached hydrogens (tertiary/aromatic N) is 1. The van der Waals surface area contributed by atoms with Crippen molar-refractivity contribution in [2.75, 3.05) is 13.1 Å². The van der Waals surface area contributed by atoms with Crippen LogP contribution >= 0.6 is 0 Å². The van der Waals surface area contributed by atoms with Crippen molar-refractivity contribution < 1.29 is 14.7 Å². The first-order chi connectivity index (χ1) is 10.1. The van der Waals surface area contributed by atoms with E-state index >= 15 is 0 Å². The topological polar surface area (TPSA) is 57.6 Å². The molecule has 1 amide bonds. The SMILES string of the molecule is CCC1CCCN(C(=O)CC2(C(=O)O)CCCCCC2)C1. The number of amides is 1. The molecule has 4 nitrogen and oxygen atoms in total. The Balaban J connectivity index is 2.02. The average molecular weight is 295 g/mol. The summed E-state index contributed by atoms with van der Waals surface area (Å²) in [5, 5.41) is 9.69. The highest BCUT2D eigenvalue weighted by atomic mass is 16.4. The molecule has 1 aliphatic heterocycles. The van der Waals surface area contributed by atoms with Crippen LogP contribution in [-0.2, 0) is 9.59 Å². The number of piperidine rings is 1. The van der Waals surface area contributed by atoms with Crippen LogP contribution in [0.5, 0.6) is 0 Å². The lowest BCUT2D eigenvalue weighted by atomic mass is 9.77. The molecule has 0 radical (unpaired) electrons. The third kappa shape index (κ3) is 3.98. The number of aliphatic carboxylic acids is 1. The lowest BCUT2D eigenvalue weighted by molar-refractivity contribution is -0.155. The molecule has 0 bridgehead atoms. The van der Waals surface area contributed by atoms with Crippen molar-refractivity contribution in [3.05, 3.63) is 0 Å². The zero-order chi connectivity index (χ0) is 15.3. The van der Waals surface area contributed by atoms with Gasteiger partial charge in [0.2, 0.25) is 5.91 Å². The Labute approximate surface area is 127 Å². The maximum Gasteiger partial charge on any atom is 0.310 e. The monoisotopic (exact) mass is 295 g/mol. The van der Waals surface area contributed by atoms with Gasteiger partial charge in [0.05, 0.1) is 5.41 Å². The molecule has 1 heterocycles. The fraction of sp³-hybridized carbons (Fsp3) is 0.882. The van der Waals surface area contributed by atoms with Gasteiger partial charge < -0.3 is 10.0 Å². The maximum atomic E-state index is 12.6. The van der Waals surface area contributed by atoms with Gasteiger partial charge in [0, 0.05) is 19.5 Å². The normalized spacial score (nSPS) is 26.1. The molecular formula is C17H29NO3. The molecule has 1 N–H and O–H groups in total. The first kappa shape index (κ1) is 16.3. The smallest absolute Gasteiger partial charge is 0.310 e. The zero-order valence-electron chi connectivity index (χ0n) is 13.3. The van der Waals surface area contributed by atoms with Crippen molar-refractivity contribution >= 4 is 11.9 Å². The number of rotatable bonds is 4. The van der Waals surface area contributed by atoms with Crippen LogP contribution in [-0.4, -0.2) is 35.0 Å². The summed E-state index contributed by atoms with van der Waals surface area (Å²) in [6.45, 7) is 3.80. The molecule has 0 aromatic rings. The van der Waals surface area contributed by atoms with Crippen LogP contribution in [0, 0.1) is 11.3 Å². The Morgan fingerprint density at radius 1 is 1.14 bits per heavy atom. The van der Waals surface area contributed by atoms with E-state index in [-0.39, 0.29) is 12.3 Å². The molecule has 0 spiro atoms. The summed E-state index contributed by atoms with van der Waals surface area (Å²) in [5.74, 6) is -0.100. The number of carboxylic acids is 1. The van der Waals surface area contributed by atoms with Crippen LogP contribution in [0.1, 0.15) is 71.1 Å². The number of hydrogen-bond acceptors (Lipinski definition) is 2. The highest BCUT2D eigenvalue weighted by molar-refractivity contribution is 5.85. The molecule has 1 aliphatic carbocycles. The molecule has 2 rings (SSSR count). The van der Waals surface area contributed by atoms with Crippen LogP contribution in [0.4, 0.5) is 0 Å². The maximum absolute atomic E-state index is 12.6. The fourth-order valence-corrected chi connectivity index (χ4v) is 3.90. The van der Waals surface area contributed by atoms with Crippen LogP contribution in [0.2, 0.25) is 0 Å². The third-order valence-electron chi connectivity index (χ3n) is 5.45. The highest BCUT2D eigenvalue weighted by Gasteiger charge is 2.41. The molecule has 4 heteroatoms. The number of likely N-dealkylation sites (tertiary alicyclic amines) is 1. The Morgan fingerprint density at radius 3 is 2.38 bits per heavy atom. The Bertz CT molecular complexity index is 372. The van der Waals surface area contributed by atoms with E-state index in [1.807, 2.05) is 4.90 Å². The molecule has 120 valence electrons. The van der Waals surface area contributed by atoms with E-state index in [0.29, 0.717) is 18.8 Å². The van der Waals surface area contributed by atoms with E-state index < -0.39 is 11.4 Å². The quantitative estimate of drug-likeness (QED) is 0.808. The predicted molar refractivity (Wildman–Crippen MR) is 82.0 cm³/mol. The van der Waals surface area contributed by atoms with Crippen LogP contribution in [0.25, 0.3) is 0 Å². The number of carbonyl (C=O) groups excluding carboxylic acids is 1. The third-order valence-corrected chi connectivity index (χ3v) is 5.45. The van der Waals surface area contributed by atoms with Gasteiger partial charge in [0.15, 0.2) is 0 Å². The Hall–Kier alpha value is -1.06. The van der Waals surface area contributed by atoms with Gasteiger partial charge >= 0.3 is 5.97 Å². The molecule has 21 heavy (non-hydrogen) atoms. The summed E-state index contributed by atoms with van der Waals surface area (Å²) in [6, 6.07) is 0. The van der Waals surface area contributed by atoms with Gasteiger partial charge in [0.1, 0.15) is 0 Å². The van der Waals surface area contributed by atoms with Crippen molar-refractivity contribution in [2.24, 2.45) is 11.3 Å². The van der Waals surface area contributed by atoms with Crippen molar-refractivity contribution in [1.29, 1.82) is 0 Å². The molecular weight excluding hydrogens is 266 g/mol. The molecule has 1 unspecified atom stereocenters. The molecule has 1 saturated carbocycles. The van der Waals surface area contributed by atoms with Crippen molar-refractivity contribution in [3.8, 4) is 0 Å². The Kier molecular flexibility index (Phi) is 5.65. The van der Waals surface area contributed by atoms with Gasteiger partial charge in [-0.05, 0) is 31.6 Å². The molecule has 2 fully saturated rings. The Morgan fingerprint density at radius 2 is 1.81 bits per heavy atom. The lowest BCUT2D eigenvalue weighted by Crippen LogP contribution is -2.44. The highest BCUT2D eigenvalue weighted by Crippen LogP contribution is 2.39. The summed E-state index contributed by atoms with van der Waals surface area (Å²) in [7, 11) is 0. The predicted octanol–water partition coefficient (Wildman–Crippen LogP) is 3.45. The van der Waals surface area contributed by atoms with E-state index in [1.165, 1.54) is 6.42 Å². The van der Waals surface area contributed by atoms with Crippen LogP contribution in [0.3, 0.4) is 0 Å². The molecule has 1 atom stereocenters. The van der Waals surface area contributed by atoms with E-state index in [1.54, 1.807) is 0 Å². The first-order valence-corrected chi connectivity index (χ1v) is 8.58. The molecule has 0 aromatic heterocycles. The van der Waals surface area contributed by atoms with E-state index in [9.17, 15) is 14.7 Å². The lowest BCUT2D eigenvalue weighted by Gasteiger charge is -2.35. The van der Waals surface area contributed by atoms with Gasteiger partial charge in [-0.15, -0.1) is 0 Å². The second-order valence-corrected chi connectivity index (χ2v) is 6.93. The second-order valence-electron chi connectivity index (χ2n) is 6.93. The van der Waals surface area contributed by atoms with Crippen LogP contribution < -0.4 is 0 Å². The minimum atomic E-state index is -0.799. The summed E-state index contributed by atoms with van der Waals surface area (Å²) in [4.78, 5) is 26.3. The summed E-state index contributed by atoms with van der Waals surface area (Å²) < 4.78 is 0. The van der Waals surface area contributed by atoms with E-state index in [0.717, 1.165) is 51.6 Å². The van der Waals surface area contributed by atoms with Gasteiger partial charge in [-0.1, -0.05) is 39.0 Å². The largest absolute Gasteiger partial charge is 0.481 e. The van der Waals surface area contributed by atoms with Crippen LogP contribution in [0.15, 0.2) is 0 Å². The van der Waals surface area contributed by atoms with Gasteiger partial charge in [-0.2, -0.15) is 0 Å². The van der Waals surface area contributed by atoms with E-state index in [4.69, 9.17) is 0 Å². The van der Waals surface area contributed by atoms with E-state index in [2.05, 4.69) is 6.92 Å². The minimum Gasteiger partial charge on any atom is -0.481 e. The zero-order valence-corrected chi connectivity index (χ0v) is 13.3. The van der Waals surface area contributed by atoms with Crippen molar-refractivity contribution in [2.45, 2.75) is 71.1 Å². The standard InChI is InChI=1S/C17H29NO3/c1-2-14-8-7-11-18(13-14)15(19)12-17(16(20)21)9-5-3-4-6-10-17/h14H,2-13H2,1H3,(H,20,21). The van der Waals surface area contributed by atoms with Gasteiger partial charge in [-0.25, -0.2) is 0 Å². The second kappa shape index (κ2) is 7.28. The van der Waals surface area contributed by atoms with Gasteiger partial charge in [0.25, 0.3) is 0 Å². The summed E-state index contributed by atoms with van der Waals surface area (Å²) in [6.07, 6.45) is 8.99. The summed E-state index contributed by atoms with van der Waals surface area (Å²) >= 11 is 0. The van der Waals surface area contributed by atoms with Crippen molar-refractivity contribution in [3.63, 3.8) is 0 Å². The van der Waals surface area contributed by atoms with Gasteiger partial charge in [-0.3, -0.25) is 9.59 Å². The summed E-state index contributed by atoms with van der Waals surface area (Å²) in [5.41, 5.74) is -0.799. The first-order valence-electron chi connectivity index (χ1n) is 8.58. The molecule has 2 aliphatic rings. The number of carbonyl (C=O) groups is 2. The molecule has 1 saturated heterocycles. The van der Waals surface area contributed by atoms with Crippen molar-refractivity contribution in [1.82, 2.24) is 4.90 Å².